The Labute approximate surface area is 114 Å². The highest BCUT2D eigenvalue weighted by Gasteiger charge is 2.53. The molecule has 110 valence electrons. The maximum absolute atomic E-state index is 12.3. The Hall–Kier alpha value is -1.26. The molecule has 19 heavy (non-hydrogen) atoms. The van der Waals surface area contributed by atoms with Crippen molar-refractivity contribution >= 4 is 12.1 Å². The van der Waals surface area contributed by atoms with Crippen molar-refractivity contribution in [1.29, 1.82) is 0 Å². The Bertz CT molecular complexity index is 357. The van der Waals surface area contributed by atoms with Gasteiger partial charge in [-0.25, -0.2) is 9.59 Å². The van der Waals surface area contributed by atoms with E-state index in [9.17, 15) is 14.7 Å². The molecule has 1 rings (SSSR count). The Morgan fingerprint density at radius 1 is 1.26 bits per heavy atom. The van der Waals surface area contributed by atoms with Gasteiger partial charge in [-0.2, -0.15) is 0 Å². The third-order valence-electron chi connectivity index (χ3n) is 3.43. The SMILES string of the molecule is CCCN(C(=O)OC(C)(C)C)C(C)(C(=O)O)C1CC1. The van der Waals surface area contributed by atoms with Crippen molar-refractivity contribution in [2.45, 2.75) is 65.0 Å². The number of carbonyl (C=O) groups is 2. The molecule has 1 aliphatic rings. The van der Waals surface area contributed by atoms with E-state index in [-0.39, 0.29) is 5.92 Å². The van der Waals surface area contributed by atoms with Crippen LogP contribution in [0.15, 0.2) is 0 Å². The highest BCUT2D eigenvalue weighted by molar-refractivity contribution is 5.85. The maximum atomic E-state index is 12.3. The van der Waals surface area contributed by atoms with Gasteiger partial charge in [0.05, 0.1) is 0 Å². The molecule has 1 fully saturated rings. The van der Waals surface area contributed by atoms with Crippen molar-refractivity contribution in [2.24, 2.45) is 5.92 Å². The zero-order chi connectivity index (χ0) is 14.8. The number of hydrogen-bond donors (Lipinski definition) is 1. The zero-order valence-electron chi connectivity index (χ0n) is 12.5. The molecule has 1 aliphatic carbocycles. The molecule has 0 radical (unpaired) electrons. The van der Waals surface area contributed by atoms with Crippen LogP contribution < -0.4 is 0 Å². The molecule has 1 amide bonds. The largest absolute Gasteiger partial charge is 0.479 e. The van der Waals surface area contributed by atoms with Gasteiger partial charge in [-0.1, -0.05) is 6.92 Å². The first-order valence-corrected chi connectivity index (χ1v) is 6.87. The van der Waals surface area contributed by atoms with E-state index in [1.165, 1.54) is 4.90 Å². The van der Waals surface area contributed by atoms with Crippen molar-refractivity contribution in [3.63, 3.8) is 0 Å². The number of aliphatic carboxylic acids is 1. The highest BCUT2D eigenvalue weighted by Crippen LogP contribution is 2.43. The summed E-state index contributed by atoms with van der Waals surface area (Å²) in [5, 5.41) is 9.54. The second-order valence-electron chi connectivity index (χ2n) is 6.36. The van der Waals surface area contributed by atoms with Crippen molar-refractivity contribution < 1.29 is 19.4 Å². The molecular formula is C14H25NO4. The van der Waals surface area contributed by atoms with Crippen molar-refractivity contribution in [2.75, 3.05) is 6.54 Å². The summed E-state index contributed by atoms with van der Waals surface area (Å²) in [4.78, 5) is 25.3. The van der Waals surface area contributed by atoms with E-state index >= 15 is 0 Å². The Morgan fingerprint density at radius 2 is 1.79 bits per heavy atom. The number of carbonyl (C=O) groups excluding carboxylic acids is 1. The molecular weight excluding hydrogens is 246 g/mol. The minimum Gasteiger partial charge on any atom is -0.479 e. The van der Waals surface area contributed by atoms with Crippen LogP contribution >= 0.6 is 0 Å². The van der Waals surface area contributed by atoms with E-state index in [1.807, 2.05) is 6.92 Å². The lowest BCUT2D eigenvalue weighted by atomic mass is 9.93. The summed E-state index contributed by atoms with van der Waals surface area (Å²) in [7, 11) is 0. The molecule has 1 N–H and O–H groups in total. The van der Waals surface area contributed by atoms with Gasteiger partial charge in [0, 0.05) is 6.54 Å². The van der Waals surface area contributed by atoms with Crippen LogP contribution in [-0.4, -0.2) is 39.8 Å². The first-order chi connectivity index (χ1) is 8.63. The molecule has 0 heterocycles. The lowest BCUT2D eigenvalue weighted by Gasteiger charge is -2.38. The summed E-state index contributed by atoms with van der Waals surface area (Å²) in [5.74, 6) is -0.918. The summed E-state index contributed by atoms with van der Waals surface area (Å²) in [6.07, 6.45) is 1.87. The van der Waals surface area contributed by atoms with Gasteiger partial charge in [-0.05, 0) is 52.9 Å². The van der Waals surface area contributed by atoms with Gasteiger partial charge in [-0.3, -0.25) is 4.90 Å². The second-order valence-corrected chi connectivity index (χ2v) is 6.36. The molecule has 0 aromatic rings. The average Bonchev–Trinajstić information content (AvgIpc) is 3.05. The highest BCUT2D eigenvalue weighted by atomic mass is 16.6. The molecule has 0 spiro atoms. The van der Waals surface area contributed by atoms with E-state index in [0.717, 1.165) is 12.8 Å². The molecule has 5 nitrogen and oxygen atoms in total. The normalized spacial score (nSPS) is 18.6. The monoisotopic (exact) mass is 271 g/mol. The molecule has 0 bridgehead atoms. The number of nitrogens with zero attached hydrogens (tertiary/aromatic N) is 1. The van der Waals surface area contributed by atoms with Gasteiger partial charge >= 0.3 is 12.1 Å². The molecule has 0 aromatic heterocycles. The summed E-state index contributed by atoms with van der Waals surface area (Å²) in [6, 6.07) is 0. The fourth-order valence-electron chi connectivity index (χ4n) is 2.21. The molecule has 1 atom stereocenters. The third kappa shape index (κ3) is 3.61. The predicted octanol–water partition coefficient (Wildman–Crippen LogP) is 2.89. The summed E-state index contributed by atoms with van der Waals surface area (Å²) >= 11 is 0. The van der Waals surface area contributed by atoms with Crippen LogP contribution in [0.4, 0.5) is 4.79 Å². The predicted molar refractivity (Wildman–Crippen MR) is 72.0 cm³/mol. The lowest BCUT2D eigenvalue weighted by Crippen LogP contribution is -2.57. The smallest absolute Gasteiger partial charge is 0.411 e. The first-order valence-electron chi connectivity index (χ1n) is 6.87. The number of rotatable bonds is 5. The fraction of sp³-hybridized carbons (Fsp3) is 0.857. The summed E-state index contributed by atoms with van der Waals surface area (Å²) in [5.41, 5.74) is -1.77. The average molecular weight is 271 g/mol. The van der Waals surface area contributed by atoms with Gasteiger partial charge in [0.15, 0.2) is 0 Å². The van der Waals surface area contributed by atoms with Crippen LogP contribution in [0.2, 0.25) is 0 Å². The topological polar surface area (TPSA) is 66.8 Å². The van der Waals surface area contributed by atoms with Crippen LogP contribution in [0.1, 0.15) is 53.9 Å². The van der Waals surface area contributed by atoms with Gasteiger partial charge in [0.1, 0.15) is 11.1 Å². The first kappa shape index (κ1) is 15.8. The fourth-order valence-corrected chi connectivity index (χ4v) is 2.21. The maximum Gasteiger partial charge on any atom is 0.411 e. The van der Waals surface area contributed by atoms with Gasteiger partial charge in [0.25, 0.3) is 0 Å². The minimum atomic E-state index is -1.15. The molecule has 1 saturated carbocycles. The quantitative estimate of drug-likeness (QED) is 0.835. The lowest BCUT2D eigenvalue weighted by molar-refractivity contribution is -0.151. The minimum absolute atomic E-state index is 0.0315. The van der Waals surface area contributed by atoms with Crippen LogP contribution in [0, 0.1) is 5.92 Å². The number of amides is 1. The van der Waals surface area contributed by atoms with Gasteiger partial charge in [-0.15, -0.1) is 0 Å². The van der Waals surface area contributed by atoms with Crippen molar-refractivity contribution in [3.8, 4) is 0 Å². The Morgan fingerprint density at radius 3 is 2.11 bits per heavy atom. The van der Waals surface area contributed by atoms with Crippen molar-refractivity contribution in [1.82, 2.24) is 4.90 Å². The van der Waals surface area contributed by atoms with Crippen LogP contribution in [0.3, 0.4) is 0 Å². The Kier molecular flexibility index (Phi) is 4.48. The molecule has 5 heteroatoms. The van der Waals surface area contributed by atoms with E-state index in [2.05, 4.69) is 0 Å². The van der Waals surface area contributed by atoms with Crippen molar-refractivity contribution in [3.05, 3.63) is 0 Å². The van der Waals surface area contributed by atoms with E-state index < -0.39 is 23.2 Å². The Balaban J connectivity index is 2.97. The van der Waals surface area contributed by atoms with Gasteiger partial charge < -0.3 is 9.84 Å². The zero-order valence-corrected chi connectivity index (χ0v) is 12.5. The standard InChI is InChI=1S/C14H25NO4/c1-6-9-15(12(18)19-13(2,3)4)14(5,11(16)17)10-7-8-10/h10H,6-9H2,1-5H3,(H,16,17). The number of carboxylic acid groups (broad SMARTS) is 1. The number of hydrogen-bond acceptors (Lipinski definition) is 3. The van der Waals surface area contributed by atoms with Crippen LogP contribution in [0.5, 0.6) is 0 Å². The van der Waals surface area contributed by atoms with E-state index in [1.54, 1.807) is 27.7 Å². The number of ether oxygens (including phenoxy) is 1. The van der Waals surface area contributed by atoms with E-state index in [4.69, 9.17) is 4.74 Å². The molecule has 0 saturated heterocycles. The number of carboxylic acids is 1. The molecule has 0 aromatic carbocycles. The van der Waals surface area contributed by atoms with E-state index in [0.29, 0.717) is 13.0 Å². The summed E-state index contributed by atoms with van der Waals surface area (Å²) < 4.78 is 5.35. The van der Waals surface area contributed by atoms with Crippen LogP contribution in [0.25, 0.3) is 0 Å². The molecule has 0 aliphatic heterocycles. The van der Waals surface area contributed by atoms with Gasteiger partial charge in [0.2, 0.25) is 0 Å². The van der Waals surface area contributed by atoms with Crippen LogP contribution in [-0.2, 0) is 9.53 Å². The molecule has 1 unspecified atom stereocenters. The third-order valence-corrected chi connectivity index (χ3v) is 3.43. The summed E-state index contributed by atoms with van der Waals surface area (Å²) in [6.45, 7) is 9.30. The second kappa shape index (κ2) is 5.39.